The van der Waals surface area contributed by atoms with Crippen molar-refractivity contribution in [3.63, 3.8) is 0 Å². The molecule has 0 atom stereocenters. The SMILES string of the molecule is CCN(CC)c1ccc2nc(-c3ccc(Cl)cc3)oc2c1. The number of hydrogen-bond donors (Lipinski definition) is 0. The number of aromatic nitrogens is 1. The molecule has 0 aliphatic heterocycles. The van der Waals surface area contributed by atoms with Crippen molar-refractivity contribution in [3.05, 3.63) is 47.5 Å². The smallest absolute Gasteiger partial charge is 0.227 e. The van der Waals surface area contributed by atoms with Gasteiger partial charge >= 0.3 is 0 Å². The number of halogens is 1. The van der Waals surface area contributed by atoms with Crippen LogP contribution in [0.1, 0.15) is 13.8 Å². The van der Waals surface area contributed by atoms with Crippen LogP contribution in [0.3, 0.4) is 0 Å². The molecule has 0 N–H and O–H groups in total. The number of rotatable bonds is 4. The summed E-state index contributed by atoms with van der Waals surface area (Å²) in [6, 6.07) is 13.7. The van der Waals surface area contributed by atoms with E-state index in [0.29, 0.717) is 10.9 Å². The lowest BCUT2D eigenvalue weighted by Gasteiger charge is -2.20. The molecule has 0 aliphatic rings. The summed E-state index contributed by atoms with van der Waals surface area (Å²) in [5, 5.41) is 0.707. The Labute approximate surface area is 129 Å². The van der Waals surface area contributed by atoms with E-state index in [-0.39, 0.29) is 0 Å². The molecule has 0 saturated heterocycles. The number of hydrogen-bond acceptors (Lipinski definition) is 3. The van der Waals surface area contributed by atoms with Gasteiger partial charge in [-0.1, -0.05) is 11.6 Å². The van der Waals surface area contributed by atoms with E-state index in [0.717, 1.165) is 35.4 Å². The average Bonchev–Trinajstić information content (AvgIpc) is 2.92. The molecule has 1 heterocycles. The second kappa shape index (κ2) is 5.78. The number of fused-ring (bicyclic) bond motifs is 1. The summed E-state index contributed by atoms with van der Waals surface area (Å²) in [5.41, 5.74) is 3.77. The van der Waals surface area contributed by atoms with Crippen molar-refractivity contribution in [3.8, 4) is 11.5 Å². The predicted octanol–water partition coefficient (Wildman–Crippen LogP) is 4.99. The van der Waals surface area contributed by atoms with Gasteiger partial charge in [-0.15, -0.1) is 0 Å². The van der Waals surface area contributed by atoms with E-state index in [2.05, 4.69) is 35.9 Å². The fourth-order valence-corrected chi connectivity index (χ4v) is 2.54. The molecule has 0 radical (unpaired) electrons. The highest BCUT2D eigenvalue weighted by molar-refractivity contribution is 6.30. The van der Waals surface area contributed by atoms with E-state index < -0.39 is 0 Å². The topological polar surface area (TPSA) is 29.3 Å². The van der Waals surface area contributed by atoms with Gasteiger partial charge in [0.1, 0.15) is 5.52 Å². The molecule has 3 nitrogen and oxygen atoms in total. The fraction of sp³-hybridized carbons (Fsp3) is 0.235. The Kier molecular flexibility index (Phi) is 3.84. The van der Waals surface area contributed by atoms with Crippen LogP contribution in [0.4, 0.5) is 5.69 Å². The molecule has 3 aromatic rings. The molecule has 4 heteroatoms. The van der Waals surface area contributed by atoms with Crippen LogP contribution in [0.15, 0.2) is 46.9 Å². The molecule has 1 aromatic heterocycles. The first kappa shape index (κ1) is 14.0. The zero-order valence-electron chi connectivity index (χ0n) is 12.1. The van der Waals surface area contributed by atoms with E-state index in [1.54, 1.807) is 0 Å². The van der Waals surface area contributed by atoms with Gasteiger partial charge in [-0.05, 0) is 50.2 Å². The third kappa shape index (κ3) is 2.74. The highest BCUT2D eigenvalue weighted by atomic mass is 35.5. The lowest BCUT2D eigenvalue weighted by Crippen LogP contribution is -2.21. The average molecular weight is 301 g/mol. The molecule has 0 saturated carbocycles. The van der Waals surface area contributed by atoms with Crippen molar-refractivity contribution in [2.24, 2.45) is 0 Å². The molecular weight excluding hydrogens is 284 g/mol. The quantitative estimate of drug-likeness (QED) is 0.679. The van der Waals surface area contributed by atoms with Gasteiger partial charge in [0.2, 0.25) is 5.89 Å². The van der Waals surface area contributed by atoms with Crippen molar-refractivity contribution in [1.29, 1.82) is 0 Å². The predicted molar refractivity (Wildman–Crippen MR) is 88.0 cm³/mol. The number of anilines is 1. The minimum atomic E-state index is 0.623. The Morgan fingerprint density at radius 1 is 1.05 bits per heavy atom. The molecule has 0 aliphatic carbocycles. The Morgan fingerprint density at radius 3 is 2.43 bits per heavy atom. The van der Waals surface area contributed by atoms with Gasteiger partial charge in [-0.3, -0.25) is 0 Å². The van der Waals surface area contributed by atoms with Crippen LogP contribution in [0, 0.1) is 0 Å². The van der Waals surface area contributed by atoms with E-state index in [1.165, 1.54) is 0 Å². The van der Waals surface area contributed by atoms with E-state index >= 15 is 0 Å². The van der Waals surface area contributed by atoms with Gasteiger partial charge in [0, 0.05) is 35.4 Å². The second-order valence-corrected chi connectivity index (χ2v) is 5.29. The van der Waals surface area contributed by atoms with Gasteiger partial charge in [-0.25, -0.2) is 4.98 Å². The zero-order chi connectivity index (χ0) is 14.8. The van der Waals surface area contributed by atoms with Crippen molar-refractivity contribution in [1.82, 2.24) is 4.98 Å². The Hall–Kier alpha value is -2.00. The first-order chi connectivity index (χ1) is 10.2. The maximum atomic E-state index is 5.91. The molecule has 0 amide bonds. The van der Waals surface area contributed by atoms with Gasteiger partial charge in [-0.2, -0.15) is 0 Å². The molecule has 2 aromatic carbocycles. The first-order valence-electron chi connectivity index (χ1n) is 7.12. The summed E-state index contributed by atoms with van der Waals surface area (Å²) in [5.74, 6) is 0.623. The highest BCUT2D eigenvalue weighted by Crippen LogP contribution is 2.28. The van der Waals surface area contributed by atoms with Crippen molar-refractivity contribution >= 4 is 28.4 Å². The lowest BCUT2D eigenvalue weighted by atomic mass is 10.2. The van der Waals surface area contributed by atoms with Crippen molar-refractivity contribution in [2.75, 3.05) is 18.0 Å². The minimum Gasteiger partial charge on any atom is -0.436 e. The molecule has 0 bridgehead atoms. The van der Waals surface area contributed by atoms with Gasteiger partial charge < -0.3 is 9.32 Å². The van der Waals surface area contributed by atoms with Crippen LogP contribution in [0.5, 0.6) is 0 Å². The van der Waals surface area contributed by atoms with Crippen LogP contribution in [0.2, 0.25) is 5.02 Å². The normalized spacial score (nSPS) is 11.0. The van der Waals surface area contributed by atoms with Gasteiger partial charge in [0.15, 0.2) is 5.58 Å². The third-order valence-electron chi connectivity index (χ3n) is 3.59. The van der Waals surface area contributed by atoms with Gasteiger partial charge in [0.25, 0.3) is 0 Å². The van der Waals surface area contributed by atoms with Crippen molar-refractivity contribution < 1.29 is 4.42 Å². The summed E-state index contributed by atoms with van der Waals surface area (Å²) in [7, 11) is 0. The maximum absolute atomic E-state index is 5.91. The summed E-state index contributed by atoms with van der Waals surface area (Å²) in [4.78, 5) is 6.82. The van der Waals surface area contributed by atoms with Crippen LogP contribution in [-0.2, 0) is 0 Å². The molecule has 0 fully saturated rings. The molecule has 108 valence electrons. The standard InChI is InChI=1S/C17H17ClN2O/c1-3-20(4-2)14-9-10-15-16(11-14)21-17(19-15)12-5-7-13(18)8-6-12/h5-11H,3-4H2,1-2H3. The molecule has 0 spiro atoms. The summed E-state index contributed by atoms with van der Waals surface area (Å²) >= 11 is 5.91. The maximum Gasteiger partial charge on any atom is 0.227 e. The summed E-state index contributed by atoms with van der Waals surface area (Å²) in [6.07, 6.45) is 0. The van der Waals surface area contributed by atoms with E-state index in [9.17, 15) is 0 Å². The Morgan fingerprint density at radius 2 is 1.76 bits per heavy atom. The molecule has 21 heavy (non-hydrogen) atoms. The Balaban J connectivity index is 2.02. The second-order valence-electron chi connectivity index (χ2n) is 4.85. The largest absolute Gasteiger partial charge is 0.436 e. The lowest BCUT2D eigenvalue weighted by molar-refractivity contribution is 0.619. The number of nitrogens with zero attached hydrogens (tertiary/aromatic N) is 2. The molecular formula is C17H17ClN2O. The van der Waals surface area contributed by atoms with Crippen LogP contribution >= 0.6 is 11.6 Å². The number of oxazole rings is 1. The monoisotopic (exact) mass is 300 g/mol. The summed E-state index contributed by atoms with van der Waals surface area (Å²) in [6.45, 7) is 6.24. The van der Waals surface area contributed by atoms with E-state index in [4.69, 9.17) is 16.0 Å². The van der Waals surface area contributed by atoms with E-state index in [1.807, 2.05) is 30.3 Å². The third-order valence-corrected chi connectivity index (χ3v) is 3.84. The number of benzene rings is 2. The van der Waals surface area contributed by atoms with Crippen LogP contribution < -0.4 is 4.90 Å². The van der Waals surface area contributed by atoms with Crippen LogP contribution in [-0.4, -0.2) is 18.1 Å². The summed E-state index contributed by atoms with van der Waals surface area (Å²) < 4.78 is 5.89. The minimum absolute atomic E-state index is 0.623. The zero-order valence-corrected chi connectivity index (χ0v) is 12.9. The first-order valence-corrected chi connectivity index (χ1v) is 7.50. The molecule has 0 unspecified atom stereocenters. The molecule has 3 rings (SSSR count). The Bertz CT molecular complexity index is 745. The van der Waals surface area contributed by atoms with Crippen molar-refractivity contribution in [2.45, 2.75) is 13.8 Å². The van der Waals surface area contributed by atoms with Gasteiger partial charge in [0.05, 0.1) is 0 Å². The van der Waals surface area contributed by atoms with Crippen LogP contribution in [0.25, 0.3) is 22.6 Å². The fourth-order valence-electron chi connectivity index (χ4n) is 2.41. The highest BCUT2D eigenvalue weighted by Gasteiger charge is 2.10.